The average molecular weight is 180 g/mol. The van der Waals surface area contributed by atoms with Crippen molar-refractivity contribution in [1.29, 1.82) is 0 Å². The van der Waals surface area contributed by atoms with Crippen molar-refractivity contribution in [2.24, 2.45) is 0 Å². The summed E-state index contributed by atoms with van der Waals surface area (Å²) in [5.74, 6) is -1.53. The molecule has 0 amide bonds. The zero-order chi connectivity index (χ0) is 9.98. The Kier molecular flexibility index (Phi) is 11.1. The summed E-state index contributed by atoms with van der Waals surface area (Å²) in [6.45, 7) is 2.46. The zero-order valence-electron chi connectivity index (χ0n) is 7.17. The molecule has 0 saturated carbocycles. The molecule has 72 valence electrons. The van der Waals surface area contributed by atoms with Gasteiger partial charge in [-0.1, -0.05) is 6.92 Å². The Morgan fingerprint density at radius 2 is 1.83 bits per heavy atom. The van der Waals surface area contributed by atoms with Crippen molar-refractivity contribution in [1.82, 2.24) is 0 Å². The van der Waals surface area contributed by atoms with Crippen molar-refractivity contribution in [3.8, 4) is 0 Å². The molecule has 0 atom stereocenters. The van der Waals surface area contributed by atoms with Crippen LogP contribution in [0.3, 0.4) is 0 Å². The number of carbonyl (C=O) groups is 2. The van der Waals surface area contributed by atoms with E-state index in [2.05, 4.69) is 4.74 Å². The topological polar surface area (TPSA) is 63.6 Å². The number of halogens is 1. The first-order valence-electron chi connectivity index (χ1n) is 3.51. The number of carboxylic acids is 1. The third kappa shape index (κ3) is 15.9. The minimum Gasteiger partial charge on any atom is -0.481 e. The molecule has 0 aliphatic heterocycles. The summed E-state index contributed by atoms with van der Waals surface area (Å²) in [5.41, 5.74) is 0. The number of hydrogen-bond donors (Lipinski definition) is 1. The number of ether oxygens (including phenoxy) is 1. The molecule has 0 rings (SSSR count). The van der Waals surface area contributed by atoms with Crippen molar-refractivity contribution in [3.63, 3.8) is 0 Å². The Balaban J connectivity index is 0. The molecule has 0 heterocycles. The van der Waals surface area contributed by atoms with Crippen LogP contribution in [-0.2, 0) is 14.3 Å². The van der Waals surface area contributed by atoms with Crippen molar-refractivity contribution < 1.29 is 23.8 Å². The smallest absolute Gasteiger partial charge is 0.337 e. The van der Waals surface area contributed by atoms with E-state index >= 15 is 0 Å². The van der Waals surface area contributed by atoms with Crippen LogP contribution in [0, 0.1) is 0 Å². The molecule has 0 aliphatic rings. The van der Waals surface area contributed by atoms with Crippen LogP contribution in [0.15, 0.2) is 0 Å². The molecule has 0 saturated heterocycles. The first kappa shape index (κ1) is 13.5. The summed E-state index contributed by atoms with van der Waals surface area (Å²) in [6, 6.07) is 0. The molecule has 0 unspecified atom stereocenters. The molecule has 12 heavy (non-hydrogen) atoms. The monoisotopic (exact) mass is 180 g/mol. The van der Waals surface area contributed by atoms with E-state index in [1.807, 2.05) is 0 Å². The second-order valence-electron chi connectivity index (χ2n) is 1.69. The number of carboxylic acid groups (broad SMARTS) is 1. The largest absolute Gasteiger partial charge is 0.481 e. The van der Waals surface area contributed by atoms with Gasteiger partial charge in [0, 0.05) is 6.42 Å². The van der Waals surface area contributed by atoms with E-state index in [1.54, 1.807) is 13.8 Å². The molecule has 5 heteroatoms. The SMILES string of the molecule is CCC(=O)O.CCOC(=O)CF. The van der Waals surface area contributed by atoms with Gasteiger partial charge in [-0.05, 0) is 6.92 Å². The molecule has 0 radical (unpaired) electrons. The Labute approximate surface area is 70.3 Å². The van der Waals surface area contributed by atoms with Gasteiger partial charge in [0.2, 0.25) is 0 Å². The molecule has 0 bridgehead atoms. The van der Waals surface area contributed by atoms with Gasteiger partial charge in [0.1, 0.15) is 0 Å². The molecular weight excluding hydrogens is 167 g/mol. The number of rotatable bonds is 3. The zero-order valence-corrected chi connectivity index (χ0v) is 7.17. The predicted octanol–water partition coefficient (Wildman–Crippen LogP) is 1.00. The van der Waals surface area contributed by atoms with Crippen molar-refractivity contribution in [2.45, 2.75) is 20.3 Å². The second-order valence-corrected chi connectivity index (χ2v) is 1.69. The lowest BCUT2D eigenvalue weighted by Gasteiger charge is -1.92. The van der Waals surface area contributed by atoms with E-state index in [9.17, 15) is 14.0 Å². The predicted molar refractivity (Wildman–Crippen MR) is 40.5 cm³/mol. The maximum atomic E-state index is 11.1. The van der Waals surface area contributed by atoms with Gasteiger partial charge in [0.25, 0.3) is 0 Å². The summed E-state index contributed by atoms with van der Waals surface area (Å²) in [4.78, 5) is 19.2. The lowest BCUT2D eigenvalue weighted by molar-refractivity contribution is -0.144. The second kappa shape index (κ2) is 9.87. The van der Waals surface area contributed by atoms with Gasteiger partial charge in [-0.25, -0.2) is 9.18 Å². The van der Waals surface area contributed by atoms with Crippen LogP contribution in [0.5, 0.6) is 0 Å². The average Bonchev–Trinajstić information content (AvgIpc) is 2.06. The third-order valence-electron chi connectivity index (χ3n) is 0.717. The molecule has 0 spiro atoms. The van der Waals surface area contributed by atoms with Crippen molar-refractivity contribution in [2.75, 3.05) is 13.3 Å². The van der Waals surface area contributed by atoms with E-state index in [0.29, 0.717) is 0 Å². The number of esters is 1. The van der Waals surface area contributed by atoms with Gasteiger partial charge in [-0.15, -0.1) is 0 Å². The third-order valence-corrected chi connectivity index (χ3v) is 0.717. The highest BCUT2D eigenvalue weighted by Crippen LogP contribution is 1.75. The fourth-order valence-corrected chi connectivity index (χ4v) is 0.200. The van der Waals surface area contributed by atoms with Crippen LogP contribution in [0.1, 0.15) is 20.3 Å². The molecule has 0 aliphatic carbocycles. The molecule has 0 aromatic heterocycles. The first-order chi connectivity index (χ1) is 5.58. The lowest BCUT2D eigenvalue weighted by Crippen LogP contribution is -2.04. The molecule has 1 N–H and O–H groups in total. The maximum absolute atomic E-state index is 11.1. The normalized spacial score (nSPS) is 7.92. The van der Waals surface area contributed by atoms with E-state index < -0.39 is 18.6 Å². The van der Waals surface area contributed by atoms with Crippen LogP contribution >= 0.6 is 0 Å². The fourth-order valence-electron chi connectivity index (χ4n) is 0.200. The fraction of sp³-hybridized carbons (Fsp3) is 0.714. The van der Waals surface area contributed by atoms with Gasteiger partial charge in [-0.3, -0.25) is 4.79 Å². The number of aliphatic carboxylic acids is 1. The molecule has 0 fully saturated rings. The Bertz CT molecular complexity index is 135. The molecular formula is C7H13FO4. The first-order valence-corrected chi connectivity index (χ1v) is 3.51. The maximum Gasteiger partial charge on any atom is 0.337 e. The summed E-state index contributed by atoms with van der Waals surface area (Å²) >= 11 is 0. The van der Waals surface area contributed by atoms with Gasteiger partial charge in [0.15, 0.2) is 6.67 Å². The number of carbonyl (C=O) groups excluding carboxylic acids is 1. The van der Waals surface area contributed by atoms with Crippen LogP contribution in [-0.4, -0.2) is 30.3 Å². The molecule has 4 nitrogen and oxygen atoms in total. The highest BCUT2D eigenvalue weighted by atomic mass is 19.1. The minimum absolute atomic E-state index is 0.222. The van der Waals surface area contributed by atoms with Crippen LogP contribution < -0.4 is 0 Å². The Hall–Kier alpha value is -1.13. The van der Waals surface area contributed by atoms with Gasteiger partial charge in [-0.2, -0.15) is 0 Å². The molecule has 0 aromatic rings. The number of alkyl halides is 1. The minimum atomic E-state index is -1.02. The standard InChI is InChI=1S/C4H7FO2.C3H6O2/c1-2-7-4(6)3-5;1-2-3(4)5/h2-3H2,1H3;2H2,1H3,(H,4,5). The summed E-state index contributed by atoms with van der Waals surface area (Å²) < 4.78 is 15.3. The van der Waals surface area contributed by atoms with Gasteiger partial charge in [0.05, 0.1) is 6.61 Å². The van der Waals surface area contributed by atoms with Crippen LogP contribution in [0.4, 0.5) is 4.39 Å². The van der Waals surface area contributed by atoms with Crippen LogP contribution in [0.2, 0.25) is 0 Å². The lowest BCUT2D eigenvalue weighted by atomic mass is 10.5. The van der Waals surface area contributed by atoms with Gasteiger partial charge < -0.3 is 9.84 Å². The van der Waals surface area contributed by atoms with E-state index in [4.69, 9.17) is 5.11 Å². The van der Waals surface area contributed by atoms with Crippen molar-refractivity contribution >= 4 is 11.9 Å². The highest BCUT2D eigenvalue weighted by Gasteiger charge is 1.94. The van der Waals surface area contributed by atoms with E-state index in [0.717, 1.165) is 0 Å². The highest BCUT2D eigenvalue weighted by molar-refractivity contribution is 5.70. The van der Waals surface area contributed by atoms with Gasteiger partial charge >= 0.3 is 11.9 Å². The quantitative estimate of drug-likeness (QED) is 0.658. The number of hydrogen-bond acceptors (Lipinski definition) is 3. The summed E-state index contributed by atoms with van der Waals surface area (Å²) in [5, 5.41) is 7.72. The molecule has 0 aromatic carbocycles. The van der Waals surface area contributed by atoms with E-state index in [-0.39, 0.29) is 13.0 Å². The summed E-state index contributed by atoms with van der Waals surface area (Å²) in [6.07, 6.45) is 0.222. The van der Waals surface area contributed by atoms with Crippen LogP contribution in [0.25, 0.3) is 0 Å². The Morgan fingerprint density at radius 3 is 1.92 bits per heavy atom. The summed E-state index contributed by atoms with van der Waals surface area (Å²) in [7, 11) is 0. The van der Waals surface area contributed by atoms with E-state index in [1.165, 1.54) is 0 Å². The Morgan fingerprint density at radius 1 is 1.42 bits per heavy atom. The van der Waals surface area contributed by atoms with Crippen molar-refractivity contribution in [3.05, 3.63) is 0 Å².